The van der Waals surface area contributed by atoms with E-state index in [2.05, 4.69) is 23.2 Å². The Kier molecular flexibility index (Phi) is 2.99. The van der Waals surface area contributed by atoms with Gasteiger partial charge in [-0.25, -0.2) is 0 Å². The average Bonchev–Trinajstić information content (AvgIpc) is 2.47. The molecule has 1 unspecified atom stereocenters. The molecule has 2 heterocycles. The van der Waals surface area contributed by atoms with Gasteiger partial charge in [0.05, 0.1) is 24.4 Å². The maximum atomic E-state index is 6.29. The SMILES string of the molecule is NC(C1=COCCC1)c1ccc2ncccc2c1. The monoisotopic (exact) mass is 240 g/mol. The van der Waals surface area contributed by atoms with Crippen LogP contribution in [0.2, 0.25) is 0 Å². The summed E-state index contributed by atoms with van der Waals surface area (Å²) >= 11 is 0. The Labute approximate surface area is 106 Å². The number of rotatable bonds is 2. The van der Waals surface area contributed by atoms with Crippen molar-refractivity contribution in [3.63, 3.8) is 0 Å². The summed E-state index contributed by atoms with van der Waals surface area (Å²) in [5.41, 5.74) is 9.58. The van der Waals surface area contributed by atoms with E-state index >= 15 is 0 Å². The number of aromatic nitrogens is 1. The summed E-state index contributed by atoms with van der Waals surface area (Å²) in [5, 5.41) is 1.13. The molecular formula is C15H16N2O. The summed E-state index contributed by atoms with van der Waals surface area (Å²) in [5.74, 6) is 0. The summed E-state index contributed by atoms with van der Waals surface area (Å²) in [6.07, 6.45) is 5.70. The molecule has 0 aliphatic carbocycles. The van der Waals surface area contributed by atoms with Gasteiger partial charge in [0.15, 0.2) is 0 Å². The van der Waals surface area contributed by atoms with Gasteiger partial charge in [0.2, 0.25) is 0 Å². The lowest BCUT2D eigenvalue weighted by atomic mass is 9.95. The molecule has 1 aromatic heterocycles. The second-order valence-electron chi connectivity index (χ2n) is 4.60. The van der Waals surface area contributed by atoms with Crippen LogP contribution >= 0.6 is 0 Å². The van der Waals surface area contributed by atoms with Crippen molar-refractivity contribution in [2.45, 2.75) is 18.9 Å². The molecular weight excluding hydrogens is 224 g/mol. The number of fused-ring (bicyclic) bond motifs is 1. The van der Waals surface area contributed by atoms with Gasteiger partial charge in [0.25, 0.3) is 0 Å². The van der Waals surface area contributed by atoms with E-state index in [9.17, 15) is 0 Å². The van der Waals surface area contributed by atoms with Crippen LogP contribution in [0.4, 0.5) is 0 Å². The molecule has 3 rings (SSSR count). The molecule has 3 nitrogen and oxygen atoms in total. The zero-order valence-corrected chi connectivity index (χ0v) is 10.2. The minimum absolute atomic E-state index is 0.0742. The highest BCUT2D eigenvalue weighted by molar-refractivity contribution is 5.79. The van der Waals surface area contributed by atoms with Crippen LogP contribution in [0.15, 0.2) is 48.4 Å². The first-order valence-corrected chi connectivity index (χ1v) is 6.25. The van der Waals surface area contributed by atoms with Gasteiger partial charge in [0.1, 0.15) is 0 Å². The van der Waals surface area contributed by atoms with E-state index in [-0.39, 0.29) is 6.04 Å². The van der Waals surface area contributed by atoms with Gasteiger partial charge < -0.3 is 10.5 Å². The van der Waals surface area contributed by atoms with Crippen LogP contribution < -0.4 is 5.73 Å². The molecule has 0 saturated carbocycles. The normalized spacial score (nSPS) is 17.1. The van der Waals surface area contributed by atoms with E-state index < -0.39 is 0 Å². The summed E-state index contributed by atoms with van der Waals surface area (Å²) in [7, 11) is 0. The molecule has 1 aliphatic heterocycles. The lowest BCUT2D eigenvalue weighted by Gasteiger charge is -2.20. The Morgan fingerprint density at radius 3 is 3.06 bits per heavy atom. The van der Waals surface area contributed by atoms with Crippen LogP contribution in [0.3, 0.4) is 0 Å². The zero-order chi connectivity index (χ0) is 12.4. The smallest absolute Gasteiger partial charge is 0.0876 e. The largest absolute Gasteiger partial charge is 0.501 e. The lowest BCUT2D eigenvalue weighted by molar-refractivity contribution is 0.221. The van der Waals surface area contributed by atoms with Crippen LogP contribution in [-0.2, 0) is 4.74 Å². The number of ether oxygens (including phenoxy) is 1. The Morgan fingerprint density at radius 2 is 2.22 bits per heavy atom. The summed E-state index contributed by atoms with van der Waals surface area (Å²) in [6.45, 7) is 0.803. The van der Waals surface area contributed by atoms with Crippen molar-refractivity contribution in [1.29, 1.82) is 0 Å². The summed E-state index contributed by atoms with van der Waals surface area (Å²) in [6, 6.07) is 10.1. The number of nitrogens with two attached hydrogens (primary N) is 1. The molecule has 92 valence electrons. The summed E-state index contributed by atoms with van der Waals surface area (Å²) < 4.78 is 5.36. The van der Waals surface area contributed by atoms with Crippen molar-refractivity contribution >= 4 is 10.9 Å². The third-order valence-electron chi connectivity index (χ3n) is 3.35. The Balaban J connectivity index is 1.96. The maximum Gasteiger partial charge on any atom is 0.0876 e. The number of hydrogen-bond acceptors (Lipinski definition) is 3. The minimum Gasteiger partial charge on any atom is -0.501 e. The van der Waals surface area contributed by atoms with Crippen LogP contribution in [0, 0.1) is 0 Å². The topological polar surface area (TPSA) is 48.1 Å². The van der Waals surface area contributed by atoms with Crippen molar-refractivity contribution in [3.8, 4) is 0 Å². The first-order valence-electron chi connectivity index (χ1n) is 6.25. The van der Waals surface area contributed by atoms with Crippen LogP contribution in [0.5, 0.6) is 0 Å². The quantitative estimate of drug-likeness (QED) is 0.878. The number of benzene rings is 1. The first kappa shape index (κ1) is 11.2. The predicted octanol–water partition coefficient (Wildman–Crippen LogP) is 2.93. The van der Waals surface area contributed by atoms with Gasteiger partial charge in [-0.2, -0.15) is 0 Å². The van der Waals surface area contributed by atoms with E-state index in [1.54, 1.807) is 6.20 Å². The Morgan fingerprint density at radius 1 is 1.28 bits per heavy atom. The molecule has 0 fully saturated rings. The Hall–Kier alpha value is -1.87. The highest BCUT2D eigenvalue weighted by Gasteiger charge is 2.15. The van der Waals surface area contributed by atoms with Gasteiger partial charge in [-0.1, -0.05) is 12.1 Å². The molecule has 2 N–H and O–H groups in total. The molecule has 1 atom stereocenters. The van der Waals surface area contributed by atoms with Crippen molar-refractivity contribution < 1.29 is 4.74 Å². The molecule has 3 heteroatoms. The zero-order valence-electron chi connectivity index (χ0n) is 10.2. The van der Waals surface area contributed by atoms with Gasteiger partial charge in [-0.05, 0) is 42.2 Å². The fraction of sp³-hybridized carbons (Fsp3) is 0.267. The molecule has 0 bridgehead atoms. The Bertz CT molecular complexity index is 592. The number of pyridine rings is 1. The molecule has 0 amide bonds. The molecule has 0 radical (unpaired) electrons. The molecule has 1 aromatic carbocycles. The number of hydrogen-bond donors (Lipinski definition) is 1. The average molecular weight is 240 g/mol. The third-order valence-corrected chi connectivity index (χ3v) is 3.35. The summed E-state index contributed by atoms with van der Waals surface area (Å²) in [4.78, 5) is 4.31. The van der Waals surface area contributed by atoms with Crippen molar-refractivity contribution in [2.24, 2.45) is 5.73 Å². The van der Waals surface area contributed by atoms with Gasteiger partial charge in [-0.15, -0.1) is 0 Å². The standard InChI is InChI=1S/C15H16N2O/c16-15(13-4-2-8-18-10-13)12-5-6-14-11(9-12)3-1-7-17-14/h1,3,5-7,9-10,15H,2,4,8,16H2. The fourth-order valence-corrected chi connectivity index (χ4v) is 2.31. The maximum absolute atomic E-state index is 6.29. The van der Waals surface area contributed by atoms with Crippen molar-refractivity contribution in [1.82, 2.24) is 4.98 Å². The second-order valence-corrected chi connectivity index (χ2v) is 4.60. The molecule has 18 heavy (non-hydrogen) atoms. The van der Waals surface area contributed by atoms with E-state index in [0.717, 1.165) is 35.9 Å². The van der Waals surface area contributed by atoms with Crippen molar-refractivity contribution in [2.75, 3.05) is 6.61 Å². The molecule has 2 aromatic rings. The van der Waals surface area contributed by atoms with Crippen LogP contribution in [0.1, 0.15) is 24.4 Å². The molecule has 0 spiro atoms. The van der Waals surface area contributed by atoms with E-state index in [4.69, 9.17) is 10.5 Å². The second kappa shape index (κ2) is 4.78. The van der Waals surface area contributed by atoms with E-state index in [1.807, 2.05) is 18.4 Å². The van der Waals surface area contributed by atoms with E-state index in [1.165, 1.54) is 5.57 Å². The van der Waals surface area contributed by atoms with E-state index in [0.29, 0.717) is 0 Å². The first-order chi connectivity index (χ1) is 8.84. The van der Waals surface area contributed by atoms with Gasteiger partial charge in [-0.3, -0.25) is 4.98 Å². The lowest BCUT2D eigenvalue weighted by Crippen LogP contribution is -2.16. The highest BCUT2D eigenvalue weighted by atomic mass is 16.5. The molecule has 0 saturated heterocycles. The predicted molar refractivity (Wildman–Crippen MR) is 71.9 cm³/mol. The number of nitrogens with zero attached hydrogens (tertiary/aromatic N) is 1. The highest BCUT2D eigenvalue weighted by Crippen LogP contribution is 2.27. The fourth-order valence-electron chi connectivity index (χ4n) is 2.31. The molecule has 1 aliphatic rings. The van der Waals surface area contributed by atoms with Crippen LogP contribution in [-0.4, -0.2) is 11.6 Å². The van der Waals surface area contributed by atoms with Gasteiger partial charge >= 0.3 is 0 Å². The minimum atomic E-state index is -0.0742. The van der Waals surface area contributed by atoms with Crippen LogP contribution in [0.25, 0.3) is 10.9 Å². The van der Waals surface area contributed by atoms with Crippen molar-refractivity contribution in [3.05, 3.63) is 53.9 Å². The van der Waals surface area contributed by atoms with Gasteiger partial charge in [0, 0.05) is 11.6 Å². The third kappa shape index (κ3) is 2.09.